The van der Waals surface area contributed by atoms with Crippen LogP contribution in [0.25, 0.3) is 0 Å². The van der Waals surface area contributed by atoms with Gasteiger partial charge in [0.25, 0.3) is 5.91 Å². The van der Waals surface area contributed by atoms with Gasteiger partial charge >= 0.3 is 0 Å². The molecule has 140 valence electrons. The third kappa shape index (κ3) is 5.28. The predicted octanol–water partition coefficient (Wildman–Crippen LogP) is 2.89. The number of benzene rings is 3. The first kappa shape index (κ1) is 18.8. The van der Waals surface area contributed by atoms with Crippen molar-refractivity contribution in [2.24, 2.45) is 16.0 Å². The number of carbonyl (C=O) groups is 1. The number of hydrogen-bond donors (Lipinski definition) is 2. The number of nitrogens with two attached hydrogens (primary N) is 1. The highest BCUT2D eigenvalue weighted by Gasteiger charge is 2.08. The van der Waals surface area contributed by atoms with Crippen molar-refractivity contribution in [2.75, 3.05) is 6.61 Å². The van der Waals surface area contributed by atoms with Gasteiger partial charge in [-0.05, 0) is 0 Å². The molecule has 1 amide bonds. The lowest BCUT2D eigenvalue weighted by atomic mass is 10.0. The molecule has 0 radical (unpaired) electrons. The van der Waals surface area contributed by atoms with Crippen LogP contribution in [0.5, 0.6) is 0 Å². The van der Waals surface area contributed by atoms with Gasteiger partial charge in [-0.3, -0.25) is 4.79 Å². The van der Waals surface area contributed by atoms with Crippen LogP contribution in [0.15, 0.2) is 101 Å². The largest absolute Gasteiger partial charge is 0.384 e. The molecule has 0 spiro atoms. The van der Waals surface area contributed by atoms with Crippen molar-refractivity contribution in [3.05, 3.63) is 108 Å². The van der Waals surface area contributed by atoms with Gasteiger partial charge in [-0.2, -0.15) is 5.10 Å². The van der Waals surface area contributed by atoms with Crippen LogP contribution in [-0.4, -0.2) is 24.1 Å². The standard InChI is InChI=1S/C22H20N4O2/c23-22(19-14-8-3-9-15-19)26-28-16-20(27)24-25-21(17-10-4-1-5-11-17)18-12-6-2-7-13-18/h1-15H,16H2,(H2,23,26)(H,24,27). The minimum atomic E-state index is -0.436. The van der Waals surface area contributed by atoms with Crippen LogP contribution >= 0.6 is 0 Å². The molecule has 6 heteroatoms. The molecule has 0 aliphatic rings. The summed E-state index contributed by atoms with van der Waals surface area (Å²) in [7, 11) is 0. The molecule has 0 aromatic heterocycles. The number of oxime groups is 1. The Morgan fingerprint density at radius 2 is 1.25 bits per heavy atom. The minimum Gasteiger partial charge on any atom is -0.384 e. The first-order chi connectivity index (χ1) is 13.7. The summed E-state index contributed by atoms with van der Waals surface area (Å²) in [5.74, 6) is -0.236. The summed E-state index contributed by atoms with van der Waals surface area (Å²) >= 11 is 0. The summed E-state index contributed by atoms with van der Waals surface area (Å²) in [6, 6.07) is 28.4. The average molecular weight is 372 g/mol. The highest BCUT2D eigenvalue weighted by Crippen LogP contribution is 2.10. The van der Waals surface area contributed by atoms with E-state index in [-0.39, 0.29) is 12.4 Å². The van der Waals surface area contributed by atoms with E-state index in [4.69, 9.17) is 10.6 Å². The molecule has 3 N–H and O–H groups in total. The molecular formula is C22H20N4O2. The normalized spacial score (nSPS) is 10.8. The van der Waals surface area contributed by atoms with Crippen molar-refractivity contribution >= 4 is 17.5 Å². The van der Waals surface area contributed by atoms with Crippen molar-refractivity contribution in [3.8, 4) is 0 Å². The summed E-state index contributed by atoms with van der Waals surface area (Å²) in [4.78, 5) is 17.1. The molecule has 0 fully saturated rings. The van der Waals surface area contributed by atoms with Gasteiger partial charge < -0.3 is 10.6 Å². The van der Waals surface area contributed by atoms with Crippen molar-refractivity contribution in [2.45, 2.75) is 0 Å². The third-order valence-corrected chi connectivity index (χ3v) is 3.81. The van der Waals surface area contributed by atoms with Gasteiger partial charge in [0.1, 0.15) is 0 Å². The summed E-state index contributed by atoms with van der Waals surface area (Å²) in [5, 5.41) is 8.04. The van der Waals surface area contributed by atoms with Crippen molar-refractivity contribution in [1.29, 1.82) is 0 Å². The fraction of sp³-hybridized carbons (Fsp3) is 0.0455. The fourth-order valence-electron chi connectivity index (χ4n) is 2.46. The van der Waals surface area contributed by atoms with Crippen LogP contribution < -0.4 is 11.2 Å². The Bertz CT molecular complexity index is 914. The lowest BCUT2D eigenvalue weighted by Gasteiger charge is -2.08. The van der Waals surface area contributed by atoms with Gasteiger partial charge in [0, 0.05) is 16.7 Å². The Hall–Kier alpha value is -3.93. The van der Waals surface area contributed by atoms with E-state index in [1.54, 1.807) is 12.1 Å². The summed E-state index contributed by atoms with van der Waals surface area (Å²) in [6.45, 7) is -0.298. The minimum absolute atomic E-state index is 0.200. The fourth-order valence-corrected chi connectivity index (χ4v) is 2.46. The maximum Gasteiger partial charge on any atom is 0.280 e. The molecular weight excluding hydrogens is 352 g/mol. The van der Waals surface area contributed by atoms with Crippen LogP contribution in [-0.2, 0) is 9.63 Å². The van der Waals surface area contributed by atoms with Gasteiger partial charge in [-0.15, -0.1) is 0 Å². The van der Waals surface area contributed by atoms with Crippen LogP contribution in [0.1, 0.15) is 16.7 Å². The predicted molar refractivity (Wildman–Crippen MR) is 110 cm³/mol. The second-order valence-electron chi connectivity index (χ2n) is 5.84. The molecule has 0 bridgehead atoms. The SMILES string of the molecule is N/C(=N/OCC(=O)NN=C(c1ccccc1)c1ccccc1)c1ccccc1. The van der Waals surface area contributed by atoms with Crippen molar-refractivity contribution < 1.29 is 9.63 Å². The van der Waals surface area contributed by atoms with Crippen LogP contribution in [0, 0.1) is 0 Å². The highest BCUT2D eigenvalue weighted by molar-refractivity contribution is 6.13. The first-order valence-corrected chi connectivity index (χ1v) is 8.72. The number of hydrazone groups is 1. The molecule has 28 heavy (non-hydrogen) atoms. The second kappa shape index (κ2) is 9.68. The molecule has 0 atom stereocenters. The molecule has 0 unspecified atom stereocenters. The number of amides is 1. The number of nitrogens with zero attached hydrogens (tertiary/aromatic N) is 2. The van der Waals surface area contributed by atoms with E-state index in [9.17, 15) is 4.79 Å². The number of rotatable bonds is 7. The zero-order valence-corrected chi connectivity index (χ0v) is 15.2. The molecule has 3 aromatic carbocycles. The number of carbonyl (C=O) groups excluding carboxylic acids is 1. The monoisotopic (exact) mass is 372 g/mol. The van der Waals surface area contributed by atoms with E-state index >= 15 is 0 Å². The molecule has 0 aliphatic heterocycles. The van der Waals surface area contributed by atoms with E-state index in [1.165, 1.54) is 0 Å². The van der Waals surface area contributed by atoms with Gasteiger partial charge in [-0.1, -0.05) is 96.2 Å². The molecule has 6 nitrogen and oxygen atoms in total. The second-order valence-corrected chi connectivity index (χ2v) is 5.84. The molecule has 3 rings (SSSR count). The van der Waals surface area contributed by atoms with Gasteiger partial charge in [0.2, 0.25) is 0 Å². The summed E-state index contributed by atoms with van der Waals surface area (Å²) < 4.78 is 0. The van der Waals surface area contributed by atoms with Crippen LogP contribution in [0.2, 0.25) is 0 Å². The lowest BCUT2D eigenvalue weighted by molar-refractivity contribution is -0.125. The van der Waals surface area contributed by atoms with E-state index in [2.05, 4.69) is 15.7 Å². The Morgan fingerprint density at radius 3 is 1.75 bits per heavy atom. The van der Waals surface area contributed by atoms with E-state index < -0.39 is 5.91 Å². The topological polar surface area (TPSA) is 89.1 Å². The maximum absolute atomic E-state index is 12.1. The first-order valence-electron chi connectivity index (χ1n) is 8.72. The smallest absolute Gasteiger partial charge is 0.280 e. The number of amidine groups is 1. The van der Waals surface area contributed by atoms with Gasteiger partial charge in [-0.25, -0.2) is 5.43 Å². The Labute approximate surface area is 163 Å². The molecule has 3 aromatic rings. The van der Waals surface area contributed by atoms with E-state index in [0.717, 1.165) is 16.7 Å². The Balaban J connectivity index is 1.65. The average Bonchev–Trinajstić information content (AvgIpc) is 2.76. The van der Waals surface area contributed by atoms with Gasteiger partial charge in [0.05, 0.1) is 5.71 Å². The third-order valence-electron chi connectivity index (χ3n) is 3.81. The Kier molecular flexibility index (Phi) is 6.52. The van der Waals surface area contributed by atoms with E-state index in [1.807, 2.05) is 78.9 Å². The quantitative estimate of drug-likeness (QED) is 0.380. The summed E-state index contributed by atoms with van der Waals surface area (Å²) in [5.41, 5.74) is 11.5. The van der Waals surface area contributed by atoms with Crippen LogP contribution in [0.4, 0.5) is 0 Å². The number of nitrogens with one attached hydrogen (secondary N) is 1. The molecule has 0 heterocycles. The maximum atomic E-state index is 12.1. The Morgan fingerprint density at radius 1 is 0.786 bits per heavy atom. The molecule has 0 aliphatic carbocycles. The highest BCUT2D eigenvalue weighted by atomic mass is 16.6. The summed E-state index contributed by atoms with van der Waals surface area (Å²) in [6.07, 6.45) is 0. The van der Waals surface area contributed by atoms with Crippen molar-refractivity contribution in [3.63, 3.8) is 0 Å². The zero-order chi connectivity index (χ0) is 19.6. The van der Waals surface area contributed by atoms with Gasteiger partial charge in [0.15, 0.2) is 12.4 Å². The van der Waals surface area contributed by atoms with Crippen molar-refractivity contribution in [1.82, 2.24) is 5.43 Å². The lowest BCUT2D eigenvalue weighted by Crippen LogP contribution is -2.25. The van der Waals surface area contributed by atoms with E-state index in [0.29, 0.717) is 5.71 Å². The zero-order valence-electron chi connectivity index (χ0n) is 15.2. The van der Waals surface area contributed by atoms with Crippen LogP contribution in [0.3, 0.4) is 0 Å². The number of hydrogen-bond acceptors (Lipinski definition) is 4. The molecule has 0 saturated heterocycles. The molecule has 0 saturated carbocycles.